The van der Waals surface area contributed by atoms with Gasteiger partial charge in [-0.05, 0) is 31.5 Å². The zero-order valence-corrected chi connectivity index (χ0v) is 18.6. The summed E-state index contributed by atoms with van der Waals surface area (Å²) in [6.07, 6.45) is -6.47. The van der Waals surface area contributed by atoms with Crippen molar-refractivity contribution in [2.75, 3.05) is 19.0 Å². The highest BCUT2D eigenvalue weighted by Gasteiger charge is 2.44. The molecule has 29 heavy (non-hydrogen) atoms. The fourth-order valence-corrected chi connectivity index (χ4v) is 2.52. The Morgan fingerprint density at radius 2 is 1.66 bits per heavy atom. The van der Waals surface area contributed by atoms with Gasteiger partial charge in [-0.2, -0.15) is 0 Å². The summed E-state index contributed by atoms with van der Waals surface area (Å²) in [5.41, 5.74) is 1.60. The van der Waals surface area contributed by atoms with Crippen LogP contribution in [0.4, 0.5) is 5.69 Å². The molecule has 1 fully saturated rings. The van der Waals surface area contributed by atoms with Gasteiger partial charge in [0, 0.05) is 7.05 Å². The van der Waals surface area contributed by atoms with Crippen molar-refractivity contribution in [3.8, 4) is 5.75 Å². The molecule has 1 aliphatic heterocycles. The largest absolute Gasteiger partial charge is 0.460 e. The van der Waals surface area contributed by atoms with E-state index in [-0.39, 0.29) is 6.10 Å². The Morgan fingerprint density at radius 3 is 2.17 bits per heavy atom. The van der Waals surface area contributed by atoms with Crippen LogP contribution in [-0.4, -0.2) is 70.9 Å². The summed E-state index contributed by atoms with van der Waals surface area (Å²) in [5.74, 6) is 0.403. The minimum atomic E-state index is -1.48. The number of benzene rings is 1. The van der Waals surface area contributed by atoms with E-state index in [1.165, 1.54) is 0 Å². The third-order valence-corrected chi connectivity index (χ3v) is 3.99. The molecule has 2 rings (SSSR count). The predicted molar refractivity (Wildman–Crippen MR) is 113 cm³/mol. The van der Waals surface area contributed by atoms with Crippen molar-refractivity contribution in [1.29, 1.82) is 0 Å². The van der Waals surface area contributed by atoms with Crippen LogP contribution in [0.15, 0.2) is 18.2 Å². The Kier molecular flexibility index (Phi) is 13.8. The van der Waals surface area contributed by atoms with Crippen LogP contribution in [-0.2, 0) is 16.1 Å². The summed E-state index contributed by atoms with van der Waals surface area (Å²) >= 11 is 0. The summed E-state index contributed by atoms with van der Waals surface area (Å²) in [5, 5.41) is 41.9. The molecule has 0 bridgehead atoms. The quantitative estimate of drug-likeness (QED) is 0.456. The molecule has 5 unspecified atom stereocenters. The van der Waals surface area contributed by atoms with Crippen molar-refractivity contribution in [3.05, 3.63) is 23.8 Å². The summed E-state index contributed by atoms with van der Waals surface area (Å²) in [4.78, 5) is 0. The van der Waals surface area contributed by atoms with Gasteiger partial charge in [-0.3, -0.25) is 0 Å². The van der Waals surface area contributed by atoms with Crippen LogP contribution in [0.1, 0.15) is 47.1 Å². The van der Waals surface area contributed by atoms with E-state index in [0.29, 0.717) is 18.0 Å². The van der Waals surface area contributed by atoms with Crippen LogP contribution in [0.2, 0.25) is 0 Å². The zero-order chi connectivity index (χ0) is 22.6. The first kappa shape index (κ1) is 27.6. The third kappa shape index (κ3) is 8.08. The summed E-state index contributed by atoms with van der Waals surface area (Å²) in [6.45, 7) is 11.9. The smallest absolute Gasteiger partial charge is 0.229 e. The highest BCUT2D eigenvalue weighted by Crippen LogP contribution is 2.30. The first-order valence-corrected chi connectivity index (χ1v) is 10.3. The molecule has 8 heteroatoms. The van der Waals surface area contributed by atoms with Crippen LogP contribution in [0.3, 0.4) is 0 Å². The lowest BCUT2D eigenvalue weighted by atomic mass is 9.99. The summed E-state index contributed by atoms with van der Waals surface area (Å²) in [6, 6.07) is 5.37. The molecule has 0 amide bonds. The minimum Gasteiger partial charge on any atom is -0.460 e. The number of rotatable bonds is 7. The SMILES string of the molecule is CC.CC.CNc1cc(COC(C)C)ccc1OC1OC(CO)C(O)C(O)C1O. The topological polar surface area (TPSA) is 121 Å². The lowest BCUT2D eigenvalue weighted by molar-refractivity contribution is -0.277. The monoisotopic (exact) mass is 417 g/mol. The second-order valence-corrected chi connectivity index (χ2v) is 6.26. The third-order valence-electron chi connectivity index (χ3n) is 3.99. The Balaban J connectivity index is 0.00000184. The lowest BCUT2D eigenvalue weighted by Gasteiger charge is -2.39. The molecule has 5 atom stereocenters. The van der Waals surface area contributed by atoms with Gasteiger partial charge in [-0.1, -0.05) is 33.8 Å². The lowest BCUT2D eigenvalue weighted by Crippen LogP contribution is -2.60. The van der Waals surface area contributed by atoms with E-state index in [1.807, 2.05) is 53.7 Å². The Bertz CT molecular complexity index is 554. The van der Waals surface area contributed by atoms with Gasteiger partial charge in [0.25, 0.3) is 0 Å². The van der Waals surface area contributed by atoms with Crippen molar-refractivity contribution >= 4 is 5.69 Å². The maximum absolute atomic E-state index is 10.1. The summed E-state index contributed by atoms with van der Waals surface area (Å²) in [7, 11) is 1.72. The van der Waals surface area contributed by atoms with E-state index >= 15 is 0 Å². The second kappa shape index (κ2) is 14.5. The van der Waals surface area contributed by atoms with Crippen LogP contribution in [0.25, 0.3) is 0 Å². The molecule has 8 nitrogen and oxygen atoms in total. The van der Waals surface area contributed by atoms with Crippen LogP contribution >= 0.6 is 0 Å². The Hall–Kier alpha value is -1.42. The van der Waals surface area contributed by atoms with Gasteiger partial charge in [0.2, 0.25) is 6.29 Å². The first-order chi connectivity index (χ1) is 13.9. The van der Waals surface area contributed by atoms with E-state index in [2.05, 4.69) is 5.32 Å². The molecule has 0 aromatic heterocycles. The number of ether oxygens (including phenoxy) is 3. The highest BCUT2D eigenvalue weighted by molar-refractivity contribution is 5.57. The number of hydrogen-bond acceptors (Lipinski definition) is 8. The number of nitrogens with one attached hydrogen (secondary N) is 1. The van der Waals surface area contributed by atoms with Crippen molar-refractivity contribution < 1.29 is 34.6 Å². The van der Waals surface area contributed by atoms with Crippen molar-refractivity contribution in [1.82, 2.24) is 0 Å². The molecule has 0 aliphatic carbocycles. The van der Waals surface area contributed by atoms with Gasteiger partial charge < -0.3 is 40.0 Å². The minimum absolute atomic E-state index is 0.114. The fraction of sp³-hybridized carbons (Fsp3) is 0.714. The van der Waals surface area contributed by atoms with Crippen molar-refractivity contribution in [2.24, 2.45) is 0 Å². The number of aliphatic hydroxyl groups excluding tert-OH is 4. The van der Waals surface area contributed by atoms with Gasteiger partial charge in [0.1, 0.15) is 30.2 Å². The maximum atomic E-state index is 10.1. The first-order valence-electron chi connectivity index (χ1n) is 10.3. The molecule has 1 heterocycles. The maximum Gasteiger partial charge on any atom is 0.229 e. The molecule has 5 N–H and O–H groups in total. The molecule has 0 spiro atoms. The number of aliphatic hydroxyl groups is 4. The molecule has 170 valence electrons. The van der Waals surface area contributed by atoms with E-state index in [4.69, 9.17) is 14.2 Å². The molecule has 1 aliphatic rings. The zero-order valence-electron chi connectivity index (χ0n) is 18.6. The van der Waals surface area contributed by atoms with E-state index < -0.39 is 37.3 Å². The van der Waals surface area contributed by atoms with Crippen LogP contribution in [0.5, 0.6) is 5.75 Å². The second-order valence-electron chi connectivity index (χ2n) is 6.26. The normalized spacial score (nSPS) is 26.0. The Labute approximate surface area is 174 Å². The van der Waals surface area contributed by atoms with Gasteiger partial charge >= 0.3 is 0 Å². The molecule has 1 aromatic carbocycles. The van der Waals surface area contributed by atoms with Gasteiger partial charge in [-0.15, -0.1) is 0 Å². The van der Waals surface area contributed by atoms with Gasteiger partial charge in [0.05, 0.1) is 25.0 Å². The molecular weight excluding hydrogens is 378 g/mol. The van der Waals surface area contributed by atoms with E-state index in [0.717, 1.165) is 5.56 Å². The average molecular weight is 418 g/mol. The molecular formula is C21H39NO7. The highest BCUT2D eigenvalue weighted by atomic mass is 16.7. The summed E-state index contributed by atoms with van der Waals surface area (Å²) < 4.78 is 16.6. The molecule has 0 saturated carbocycles. The molecule has 1 saturated heterocycles. The molecule has 1 aromatic rings. The standard InChI is InChI=1S/C17H27NO7.2C2H6/c1-9(2)23-8-10-4-5-12(11(6-10)18-3)24-17-16(22)15(21)14(20)13(7-19)25-17;2*1-2/h4-6,9,13-22H,7-8H2,1-3H3;2*1-2H3. The predicted octanol–water partition coefficient (Wildman–Crippen LogP) is 1.88. The number of hydrogen-bond donors (Lipinski definition) is 5. The van der Waals surface area contributed by atoms with Crippen LogP contribution < -0.4 is 10.1 Å². The van der Waals surface area contributed by atoms with Crippen molar-refractivity contribution in [2.45, 2.75) is 85.0 Å². The number of anilines is 1. The van der Waals surface area contributed by atoms with E-state index in [9.17, 15) is 20.4 Å². The van der Waals surface area contributed by atoms with Crippen LogP contribution in [0, 0.1) is 0 Å². The fourth-order valence-electron chi connectivity index (χ4n) is 2.52. The van der Waals surface area contributed by atoms with Gasteiger partial charge in [0.15, 0.2) is 0 Å². The average Bonchev–Trinajstić information content (AvgIpc) is 2.75. The Morgan fingerprint density at radius 1 is 1.03 bits per heavy atom. The molecule has 0 radical (unpaired) electrons. The van der Waals surface area contributed by atoms with Crippen molar-refractivity contribution in [3.63, 3.8) is 0 Å². The van der Waals surface area contributed by atoms with E-state index in [1.54, 1.807) is 13.1 Å². The van der Waals surface area contributed by atoms with Gasteiger partial charge in [-0.25, -0.2) is 0 Å².